The van der Waals surface area contributed by atoms with Crippen LogP contribution in [0.2, 0.25) is 0 Å². The van der Waals surface area contributed by atoms with Crippen LogP contribution < -0.4 is 10.6 Å². The standard InChI is InChI=1S/C13H22N2O5/c1-8-9(4-5-20-8)14-12(19)15-10(16)6-13(2,3)7-11(17)18/h8-9H,4-7H2,1-3H3,(H,17,18)(H2,14,15,16,19). The van der Waals surface area contributed by atoms with Gasteiger partial charge in [-0.05, 0) is 18.8 Å². The van der Waals surface area contributed by atoms with E-state index < -0.39 is 23.3 Å². The SMILES string of the molecule is CC1OCCC1NC(=O)NC(=O)CC(C)(C)CC(=O)O. The normalized spacial score (nSPS) is 22.4. The number of amides is 3. The average molecular weight is 286 g/mol. The number of urea groups is 1. The highest BCUT2D eigenvalue weighted by Crippen LogP contribution is 2.24. The number of carbonyl (C=O) groups excluding carboxylic acids is 2. The lowest BCUT2D eigenvalue weighted by molar-refractivity contribution is -0.139. The number of hydrogen-bond donors (Lipinski definition) is 3. The van der Waals surface area contributed by atoms with Crippen molar-refractivity contribution in [3.05, 3.63) is 0 Å². The fourth-order valence-corrected chi connectivity index (χ4v) is 2.20. The van der Waals surface area contributed by atoms with Crippen LogP contribution in [0.3, 0.4) is 0 Å². The predicted molar refractivity (Wildman–Crippen MR) is 71.1 cm³/mol. The highest BCUT2D eigenvalue weighted by atomic mass is 16.5. The third kappa shape index (κ3) is 5.56. The zero-order chi connectivity index (χ0) is 15.3. The molecule has 2 unspecified atom stereocenters. The first-order valence-electron chi connectivity index (χ1n) is 6.63. The molecule has 1 saturated heterocycles. The van der Waals surface area contributed by atoms with Gasteiger partial charge in [0.1, 0.15) is 0 Å². The first-order valence-corrected chi connectivity index (χ1v) is 6.63. The average Bonchev–Trinajstić information content (AvgIpc) is 2.60. The zero-order valence-corrected chi connectivity index (χ0v) is 12.1. The molecule has 2 atom stereocenters. The molecule has 1 heterocycles. The minimum Gasteiger partial charge on any atom is -0.481 e. The molecule has 114 valence electrons. The van der Waals surface area contributed by atoms with Gasteiger partial charge in [0.2, 0.25) is 5.91 Å². The quantitative estimate of drug-likeness (QED) is 0.696. The van der Waals surface area contributed by atoms with Gasteiger partial charge in [-0.1, -0.05) is 13.8 Å². The van der Waals surface area contributed by atoms with E-state index in [0.29, 0.717) is 13.0 Å². The van der Waals surface area contributed by atoms with Crippen LogP contribution in [0.1, 0.15) is 40.0 Å². The smallest absolute Gasteiger partial charge is 0.321 e. The van der Waals surface area contributed by atoms with Crippen LogP contribution in [0.15, 0.2) is 0 Å². The van der Waals surface area contributed by atoms with Crippen molar-refractivity contribution in [2.45, 2.75) is 52.2 Å². The molecule has 0 aliphatic carbocycles. The second kappa shape index (κ2) is 6.69. The lowest BCUT2D eigenvalue weighted by Crippen LogP contribution is -2.47. The maximum absolute atomic E-state index is 11.7. The highest BCUT2D eigenvalue weighted by Gasteiger charge is 2.28. The topological polar surface area (TPSA) is 105 Å². The first kappa shape index (κ1) is 16.4. The maximum Gasteiger partial charge on any atom is 0.321 e. The van der Waals surface area contributed by atoms with E-state index >= 15 is 0 Å². The Morgan fingerprint density at radius 3 is 2.45 bits per heavy atom. The Hall–Kier alpha value is -1.63. The lowest BCUT2D eigenvalue weighted by Gasteiger charge is -2.22. The lowest BCUT2D eigenvalue weighted by atomic mass is 9.85. The number of aliphatic carboxylic acids is 1. The molecule has 1 fully saturated rings. The molecule has 1 rings (SSSR count). The Morgan fingerprint density at radius 1 is 1.30 bits per heavy atom. The molecule has 0 aromatic carbocycles. The molecule has 7 heteroatoms. The molecule has 3 amide bonds. The van der Waals surface area contributed by atoms with Crippen LogP contribution in [-0.2, 0) is 14.3 Å². The van der Waals surface area contributed by atoms with Gasteiger partial charge in [-0.2, -0.15) is 0 Å². The second-order valence-corrected chi connectivity index (χ2v) is 5.90. The van der Waals surface area contributed by atoms with Gasteiger partial charge in [0.15, 0.2) is 0 Å². The fourth-order valence-electron chi connectivity index (χ4n) is 2.20. The summed E-state index contributed by atoms with van der Waals surface area (Å²) in [5, 5.41) is 13.6. The molecule has 0 spiro atoms. The maximum atomic E-state index is 11.7. The van der Waals surface area contributed by atoms with Crippen LogP contribution in [0.4, 0.5) is 4.79 Å². The van der Waals surface area contributed by atoms with Gasteiger partial charge in [0.05, 0.1) is 18.6 Å². The molecule has 0 saturated carbocycles. The van der Waals surface area contributed by atoms with E-state index in [9.17, 15) is 14.4 Å². The second-order valence-electron chi connectivity index (χ2n) is 5.90. The Kier molecular flexibility index (Phi) is 5.50. The van der Waals surface area contributed by atoms with Crippen molar-refractivity contribution in [3.63, 3.8) is 0 Å². The van der Waals surface area contributed by atoms with Crippen molar-refractivity contribution >= 4 is 17.9 Å². The van der Waals surface area contributed by atoms with Gasteiger partial charge in [-0.15, -0.1) is 0 Å². The molecule has 7 nitrogen and oxygen atoms in total. The van der Waals surface area contributed by atoms with Gasteiger partial charge < -0.3 is 15.2 Å². The monoisotopic (exact) mass is 286 g/mol. The Bertz CT molecular complexity index is 394. The number of rotatable bonds is 5. The minimum absolute atomic E-state index is 0.0244. The molecule has 1 aliphatic rings. The highest BCUT2D eigenvalue weighted by molar-refractivity contribution is 5.94. The van der Waals surface area contributed by atoms with Crippen molar-refractivity contribution in [1.29, 1.82) is 0 Å². The number of carboxylic acids is 1. The molecule has 0 aromatic rings. The number of nitrogens with one attached hydrogen (secondary N) is 2. The van der Waals surface area contributed by atoms with Crippen LogP contribution in [0, 0.1) is 5.41 Å². The summed E-state index contributed by atoms with van der Waals surface area (Å²) in [7, 11) is 0. The number of carbonyl (C=O) groups is 3. The van der Waals surface area contributed by atoms with Crippen LogP contribution in [0.25, 0.3) is 0 Å². The van der Waals surface area contributed by atoms with E-state index in [0.717, 1.165) is 0 Å². The summed E-state index contributed by atoms with van der Waals surface area (Å²) in [4.78, 5) is 34.0. The number of carboxylic acid groups (broad SMARTS) is 1. The molecular formula is C13H22N2O5. The van der Waals surface area contributed by atoms with Crippen molar-refractivity contribution in [1.82, 2.24) is 10.6 Å². The third-order valence-electron chi connectivity index (χ3n) is 3.21. The predicted octanol–water partition coefficient (Wildman–Crippen LogP) is 0.881. The summed E-state index contributed by atoms with van der Waals surface area (Å²) in [6, 6.07) is -0.668. The summed E-state index contributed by atoms with van der Waals surface area (Å²) in [6.07, 6.45) is 0.492. The molecule has 3 N–H and O–H groups in total. The summed E-state index contributed by atoms with van der Waals surface area (Å²) < 4.78 is 5.30. The largest absolute Gasteiger partial charge is 0.481 e. The van der Waals surface area contributed by atoms with E-state index in [1.165, 1.54) is 0 Å². The van der Waals surface area contributed by atoms with Crippen molar-refractivity contribution in [2.24, 2.45) is 5.41 Å². The van der Waals surface area contributed by atoms with E-state index in [-0.39, 0.29) is 25.0 Å². The third-order valence-corrected chi connectivity index (χ3v) is 3.21. The minimum atomic E-state index is -0.968. The Labute approximate surface area is 118 Å². The van der Waals surface area contributed by atoms with Crippen LogP contribution in [0.5, 0.6) is 0 Å². The fraction of sp³-hybridized carbons (Fsp3) is 0.769. The first-order chi connectivity index (χ1) is 9.19. The van der Waals surface area contributed by atoms with Crippen molar-refractivity contribution in [3.8, 4) is 0 Å². The van der Waals surface area contributed by atoms with Crippen LogP contribution in [-0.4, -0.2) is 41.8 Å². The molecule has 0 bridgehead atoms. The zero-order valence-electron chi connectivity index (χ0n) is 12.1. The molecule has 0 aromatic heterocycles. The van der Waals surface area contributed by atoms with E-state index in [1.807, 2.05) is 6.92 Å². The van der Waals surface area contributed by atoms with Gasteiger partial charge in [0.25, 0.3) is 0 Å². The Balaban J connectivity index is 2.38. The van der Waals surface area contributed by atoms with Gasteiger partial charge in [-0.3, -0.25) is 14.9 Å². The van der Waals surface area contributed by atoms with Gasteiger partial charge in [-0.25, -0.2) is 4.79 Å². The van der Waals surface area contributed by atoms with Gasteiger partial charge in [0, 0.05) is 13.0 Å². The van der Waals surface area contributed by atoms with E-state index in [4.69, 9.17) is 9.84 Å². The number of hydrogen-bond acceptors (Lipinski definition) is 4. The van der Waals surface area contributed by atoms with Crippen LogP contribution >= 0.6 is 0 Å². The Morgan fingerprint density at radius 2 is 1.95 bits per heavy atom. The number of ether oxygens (including phenoxy) is 1. The van der Waals surface area contributed by atoms with Crippen molar-refractivity contribution in [2.75, 3.05) is 6.61 Å². The molecule has 1 aliphatic heterocycles. The van der Waals surface area contributed by atoms with Crippen molar-refractivity contribution < 1.29 is 24.2 Å². The molecule has 0 radical (unpaired) electrons. The summed E-state index contributed by atoms with van der Waals surface area (Å²) in [5.74, 6) is -1.45. The molecular weight excluding hydrogens is 264 g/mol. The summed E-state index contributed by atoms with van der Waals surface area (Å²) in [6.45, 7) is 5.79. The van der Waals surface area contributed by atoms with E-state index in [2.05, 4.69) is 10.6 Å². The van der Waals surface area contributed by atoms with Gasteiger partial charge >= 0.3 is 12.0 Å². The van der Waals surface area contributed by atoms with E-state index in [1.54, 1.807) is 13.8 Å². The summed E-state index contributed by atoms with van der Waals surface area (Å²) >= 11 is 0. The molecule has 20 heavy (non-hydrogen) atoms. The summed E-state index contributed by atoms with van der Waals surface area (Å²) in [5.41, 5.74) is -0.694. The number of imide groups is 1.